The first-order valence-electron chi connectivity index (χ1n) is 10.4. The van der Waals surface area contributed by atoms with Gasteiger partial charge < -0.3 is 9.88 Å². The van der Waals surface area contributed by atoms with Crippen molar-refractivity contribution in [1.29, 1.82) is 0 Å². The standard InChI is InChI=1S/C26H24Cl2N2OS/c1-17-11-18(2)13-20(12-17)26(31)29-9-10-30-15-25(21-5-3-4-6-24(21)30)32-16-19-7-8-22(27)23(28)14-19/h3-8,11-15H,9-10,16H2,1-2H3,(H,29,31). The molecule has 3 aromatic carbocycles. The van der Waals surface area contributed by atoms with Crippen molar-refractivity contribution in [2.45, 2.75) is 31.0 Å². The predicted molar refractivity (Wildman–Crippen MR) is 136 cm³/mol. The van der Waals surface area contributed by atoms with Crippen molar-refractivity contribution < 1.29 is 4.79 Å². The van der Waals surface area contributed by atoms with E-state index in [2.05, 4.69) is 40.3 Å². The summed E-state index contributed by atoms with van der Waals surface area (Å²) in [5.41, 5.74) is 5.18. The number of carbonyl (C=O) groups is 1. The molecule has 0 saturated heterocycles. The highest BCUT2D eigenvalue weighted by atomic mass is 35.5. The number of carbonyl (C=O) groups excluding carboxylic acids is 1. The zero-order valence-electron chi connectivity index (χ0n) is 18.0. The van der Waals surface area contributed by atoms with Crippen LogP contribution in [-0.2, 0) is 12.3 Å². The van der Waals surface area contributed by atoms with Gasteiger partial charge in [0.15, 0.2) is 0 Å². The highest BCUT2D eigenvalue weighted by Gasteiger charge is 2.11. The smallest absolute Gasteiger partial charge is 0.251 e. The lowest BCUT2D eigenvalue weighted by Crippen LogP contribution is -2.27. The molecule has 0 radical (unpaired) electrons. The number of thioether (sulfide) groups is 1. The summed E-state index contributed by atoms with van der Waals surface area (Å²) < 4.78 is 2.20. The number of aryl methyl sites for hydroxylation is 2. The molecule has 0 aliphatic carbocycles. The third-order valence-corrected chi connectivity index (χ3v) is 7.11. The first-order valence-corrected chi connectivity index (χ1v) is 12.2. The van der Waals surface area contributed by atoms with Crippen LogP contribution >= 0.6 is 35.0 Å². The number of para-hydroxylation sites is 1. The second-order valence-electron chi connectivity index (χ2n) is 7.87. The fourth-order valence-corrected chi connectivity index (χ4v) is 5.15. The van der Waals surface area contributed by atoms with Gasteiger partial charge in [0.25, 0.3) is 5.91 Å². The molecule has 164 valence electrons. The SMILES string of the molecule is Cc1cc(C)cc(C(=O)NCCn2cc(SCc3ccc(Cl)c(Cl)c3)c3ccccc32)c1. The molecule has 6 heteroatoms. The summed E-state index contributed by atoms with van der Waals surface area (Å²) in [6.45, 7) is 5.27. The molecule has 0 unspecified atom stereocenters. The van der Waals surface area contributed by atoms with Crippen LogP contribution < -0.4 is 5.32 Å². The average molecular weight is 483 g/mol. The molecule has 0 aliphatic rings. The second kappa shape index (κ2) is 10.0. The van der Waals surface area contributed by atoms with Crippen LogP contribution in [0.2, 0.25) is 10.0 Å². The minimum Gasteiger partial charge on any atom is -0.350 e. The van der Waals surface area contributed by atoms with E-state index in [-0.39, 0.29) is 5.91 Å². The lowest BCUT2D eigenvalue weighted by Gasteiger charge is -2.09. The maximum Gasteiger partial charge on any atom is 0.251 e. The number of benzene rings is 3. The van der Waals surface area contributed by atoms with Crippen LogP contribution in [0.5, 0.6) is 0 Å². The van der Waals surface area contributed by atoms with Gasteiger partial charge in [-0.1, -0.05) is 64.7 Å². The van der Waals surface area contributed by atoms with Gasteiger partial charge in [-0.3, -0.25) is 4.79 Å². The Kier molecular flexibility index (Phi) is 7.14. The van der Waals surface area contributed by atoms with Crippen molar-refractivity contribution in [2.24, 2.45) is 0 Å². The van der Waals surface area contributed by atoms with E-state index in [1.54, 1.807) is 11.8 Å². The maximum absolute atomic E-state index is 12.6. The van der Waals surface area contributed by atoms with Crippen LogP contribution in [0.3, 0.4) is 0 Å². The maximum atomic E-state index is 12.6. The summed E-state index contributed by atoms with van der Waals surface area (Å²) in [6, 6.07) is 20.0. The second-order valence-corrected chi connectivity index (χ2v) is 9.70. The van der Waals surface area contributed by atoms with E-state index in [0.29, 0.717) is 28.7 Å². The quantitative estimate of drug-likeness (QED) is 0.280. The third-order valence-electron chi connectivity index (χ3n) is 5.25. The van der Waals surface area contributed by atoms with E-state index >= 15 is 0 Å². The van der Waals surface area contributed by atoms with Crippen molar-refractivity contribution in [3.8, 4) is 0 Å². The van der Waals surface area contributed by atoms with Crippen molar-refractivity contribution in [1.82, 2.24) is 9.88 Å². The summed E-state index contributed by atoms with van der Waals surface area (Å²) in [4.78, 5) is 13.8. The average Bonchev–Trinajstić information content (AvgIpc) is 3.12. The first-order chi connectivity index (χ1) is 15.4. The molecule has 4 rings (SSSR count). The molecule has 4 aromatic rings. The summed E-state index contributed by atoms with van der Waals surface area (Å²) in [5.74, 6) is 0.761. The normalized spacial score (nSPS) is 11.1. The van der Waals surface area contributed by atoms with Gasteiger partial charge in [-0.25, -0.2) is 0 Å². The van der Waals surface area contributed by atoms with Gasteiger partial charge in [-0.15, -0.1) is 11.8 Å². The number of hydrogen-bond donors (Lipinski definition) is 1. The largest absolute Gasteiger partial charge is 0.350 e. The van der Waals surface area contributed by atoms with Crippen LogP contribution in [0.25, 0.3) is 10.9 Å². The predicted octanol–water partition coefficient (Wildman–Crippen LogP) is 7.29. The molecule has 1 amide bonds. The fourth-order valence-electron chi connectivity index (χ4n) is 3.80. The fraction of sp³-hybridized carbons (Fsp3) is 0.192. The number of fused-ring (bicyclic) bond motifs is 1. The Morgan fingerprint density at radius 3 is 2.47 bits per heavy atom. The molecule has 0 bridgehead atoms. The zero-order valence-corrected chi connectivity index (χ0v) is 20.3. The number of aromatic nitrogens is 1. The van der Waals surface area contributed by atoms with Crippen molar-refractivity contribution in [2.75, 3.05) is 6.54 Å². The Morgan fingerprint density at radius 1 is 0.969 bits per heavy atom. The Bertz CT molecular complexity index is 1260. The molecule has 32 heavy (non-hydrogen) atoms. The van der Waals surface area contributed by atoms with Crippen molar-refractivity contribution >= 4 is 51.8 Å². The molecular weight excluding hydrogens is 459 g/mol. The van der Waals surface area contributed by atoms with Gasteiger partial charge in [0.1, 0.15) is 0 Å². The van der Waals surface area contributed by atoms with Crippen LogP contribution in [0.4, 0.5) is 0 Å². The van der Waals surface area contributed by atoms with E-state index in [1.807, 2.05) is 50.2 Å². The molecule has 0 spiro atoms. The summed E-state index contributed by atoms with van der Waals surface area (Å²) in [5, 5.41) is 5.40. The molecule has 1 N–H and O–H groups in total. The van der Waals surface area contributed by atoms with Crippen molar-refractivity contribution in [3.05, 3.63) is 99.2 Å². The van der Waals surface area contributed by atoms with Gasteiger partial charge in [-0.2, -0.15) is 0 Å². The van der Waals surface area contributed by atoms with E-state index in [0.717, 1.165) is 28.0 Å². The van der Waals surface area contributed by atoms with Crippen LogP contribution in [0, 0.1) is 13.8 Å². The van der Waals surface area contributed by atoms with E-state index in [1.165, 1.54) is 10.3 Å². The van der Waals surface area contributed by atoms with E-state index in [9.17, 15) is 4.79 Å². The Balaban J connectivity index is 1.45. The highest BCUT2D eigenvalue weighted by Crippen LogP contribution is 2.33. The number of nitrogens with one attached hydrogen (secondary N) is 1. The number of nitrogens with zero attached hydrogens (tertiary/aromatic N) is 1. The Hall–Kier alpha value is -2.40. The first kappa shape index (κ1) is 22.8. The summed E-state index contributed by atoms with van der Waals surface area (Å²) >= 11 is 14.0. The Labute approximate surface area is 202 Å². The van der Waals surface area contributed by atoms with Gasteiger partial charge in [0.05, 0.1) is 10.0 Å². The van der Waals surface area contributed by atoms with E-state index in [4.69, 9.17) is 23.2 Å². The summed E-state index contributed by atoms with van der Waals surface area (Å²) in [6.07, 6.45) is 2.16. The monoisotopic (exact) mass is 482 g/mol. The zero-order chi connectivity index (χ0) is 22.7. The molecule has 1 heterocycles. The molecule has 0 aliphatic heterocycles. The van der Waals surface area contributed by atoms with E-state index < -0.39 is 0 Å². The molecule has 0 atom stereocenters. The number of halogens is 2. The molecule has 0 fully saturated rings. The molecule has 0 saturated carbocycles. The minimum atomic E-state index is -0.0394. The highest BCUT2D eigenvalue weighted by molar-refractivity contribution is 7.98. The lowest BCUT2D eigenvalue weighted by atomic mass is 10.1. The van der Waals surface area contributed by atoms with Crippen LogP contribution in [0.1, 0.15) is 27.0 Å². The van der Waals surface area contributed by atoms with Gasteiger partial charge >= 0.3 is 0 Å². The summed E-state index contributed by atoms with van der Waals surface area (Å²) in [7, 11) is 0. The molecule has 1 aromatic heterocycles. The molecule has 3 nitrogen and oxygen atoms in total. The van der Waals surface area contributed by atoms with Crippen molar-refractivity contribution in [3.63, 3.8) is 0 Å². The van der Waals surface area contributed by atoms with Gasteiger partial charge in [0.2, 0.25) is 0 Å². The number of hydrogen-bond acceptors (Lipinski definition) is 2. The van der Waals surface area contributed by atoms with Crippen LogP contribution in [0.15, 0.2) is 71.8 Å². The number of amides is 1. The van der Waals surface area contributed by atoms with Gasteiger partial charge in [0, 0.05) is 46.4 Å². The molecular formula is C26H24Cl2N2OS. The number of rotatable bonds is 7. The Morgan fingerprint density at radius 2 is 1.72 bits per heavy atom. The van der Waals surface area contributed by atoms with Crippen LogP contribution in [-0.4, -0.2) is 17.0 Å². The minimum absolute atomic E-state index is 0.0394. The van der Waals surface area contributed by atoms with Gasteiger partial charge in [-0.05, 0) is 49.7 Å². The topological polar surface area (TPSA) is 34.0 Å². The lowest BCUT2D eigenvalue weighted by molar-refractivity contribution is 0.0952. The third kappa shape index (κ3) is 5.32.